The fraction of sp³-hybridized carbons (Fsp3) is 0.308. The molecule has 90 valence electrons. The number of thioether (sulfide) groups is 1. The number of nitrogens with zero attached hydrogens (tertiary/aromatic N) is 1. The first-order valence-corrected chi connectivity index (χ1v) is 6.51. The number of nitrogens with two attached hydrogens (primary N) is 1. The van der Waals surface area contributed by atoms with E-state index in [2.05, 4.69) is 30.1 Å². The first kappa shape index (κ1) is 12.2. The third-order valence-corrected chi connectivity index (χ3v) is 3.48. The van der Waals surface area contributed by atoms with Crippen LogP contribution in [0.25, 0.3) is 0 Å². The minimum absolute atomic E-state index is 0.590. The molecule has 4 heteroatoms. The number of aryl methyl sites for hydroxylation is 2. The van der Waals surface area contributed by atoms with Gasteiger partial charge in [-0.15, -0.1) is 0 Å². The zero-order chi connectivity index (χ0) is 12.3. The number of aromatic nitrogens is 1. The second-order valence-electron chi connectivity index (χ2n) is 4.01. The Balaban J connectivity index is 2.04. The normalized spacial score (nSPS) is 10.8. The van der Waals surface area contributed by atoms with Crippen LogP contribution in [0.15, 0.2) is 34.1 Å². The second-order valence-corrected chi connectivity index (χ2v) is 4.94. The molecule has 1 heterocycles. The van der Waals surface area contributed by atoms with Crippen molar-refractivity contribution in [3.05, 3.63) is 46.8 Å². The Morgan fingerprint density at radius 2 is 2.18 bits per heavy atom. The number of hydrogen-bond acceptors (Lipinski definition) is 4. The molecular weight excluding hydrogens is 232 g/mol. The first-order valence-electron chi connectivity index (χ1n) is 5.52. The predicted molar refractivity (Wildman–Crippen MR) is 69.9 cm³/mol. The summed E-state index contributed by atoms with van der Waals surface area (Å²) in [6, 6.07) is 6.33. The molecule has 0 aliphatic carbocycles. The van der Waals surface area contributed by atoms with E-state index in [4.69, 9.17) is 10.2 Å². The van der Waals surface area contributed by atoms with E-state index >= 15 is 0 Å². The summed E-state index contributed by atoms with van der Waals surface area (Å²) in [5.74, 6) is 0.872. The van der Waals surface area contributed by atoms with Crippen LogP contribution in [-0.2, 0) is 12.3 Å². The molecule has 2 N–H and O–H groups in total. The van der Waals surface area contributed by atoms with E-state index in [9.17, 15) is 0 Å². The lowest BCUT2D eigenvalue weighted by atomic mass is 10.1. The smallest absolute Gasteiger partial charge is 0.256 e. The van der Waals surface area contributed by atoms with Crippen LogP contribution in [0.4, 0.5) is 0 Å². The van der Waals surface area contributed by atoms with Crippen molar-refractivity contribution in [3.8, 4) is 0 Å². The van der Waals surface area contributed by atoms with Gasteiger partial charge in [0.25, 0.3) is 5.22 Å². The van der Waals surface area contributed by atoms with Crippen molar-refractivity contribution in [1.29, 1.82) is 0 Å². The van der Waals surface area contributed by atoms with Crippen molar-refractivity contribution in [2.24, 2.45) is 5.73 Å². The van der Waals surface area contributed by atoms with E-state index in [1.807, 2.05) is 6.92 Å². The fourth-order valence-corrected chi connectivity index (χ4v) is 2.51. The van der Waals surface area contributed by atoms with Crippen LogP contribution in [0.1, 0.15) is 22.4 Å². The standard InChI is InChI=1S/C13H16N2OS/c1-9-5-11(6-14)3-4-12(9)8-17-13-15-10(2)7-16-13/h3-5,7H,6,8,14H2,1-2H3. The summed E-state index contributed by atoms with van der Waals surface area (Å²) in [6.45, 7) is 4.62. The van der Waals surface area contributed by atoms with Crippen molar-refractivity contribution in [2.45, 2.75) is 31.4 Å². The van der Waals surface area contributed by atoms with Gasteiger partial charge < -0.3 is 10.2 Å². The zero-order valence-electron chi connectivity index (χ0n) is 10.1. The van der Waals surface area contributed by atoms with Crippen LogP contribution < -0.4 is 5.73 Å². The molecule has 0 unspecified atom stereocenters. The molecule has 0 saturated heterocycles. The van der Waals surface area contributed by atoms with E-state index in [1.54, 1.807) is 18.0 Å². The predicted octanol–water partition coefficient (Wildman–Crippen LogP) is 3.04. The SMILES string of the molecule is Cc1coc(SCc2ccc(CN)cc2C)n1. The summed E-state index contributed by atoms with van der Waals surface area (Å²) < 4.78 is 5.30. The minimum Gasteiger partial charge on any atom is -0.440 e. The van der Waals surface area contributed by atoms with E-state index in [0.717, 1.165) is 16.7 Å². The molecule has 0 aliphatic rings. The van der Waals surface area contributed by atoms with Gasteiger partial charge >= 0.3 is 0 Å². The molecule has 2 rings (SSSR count). The van der Waals surface area contributed by atoms with E-state index in [0.29, 0.717) is 6.54 Å². The van der Waals surface area contributed by atoms with Crippen molar-refractivity contribution in [2.75, 3.05) is 0 Å². The van der Waals surface area contributed by atoms with Gasteiger partial charge in [-0.3, -0.25) is 0 Å². The largest absolute Gasteiger partial charge is 0.440 e. The van der Waals surface area contributed by atoms with Crippen molar-refractivity contribution in [1.82, 2.24) is 4.98 Å². The van der Waals surface area contributed by atoms with Crippen LogP contribution in [0.5, 0.6) is 0 Å². The molecule has 0 fully saturated rings. The van der Waals surface area contributed by atoms with Gasteiger partial charge in [0.05, 0.1) is 5.69 Å². The Kier molecular flexibility index (Phi) is 3.86. The van der Waals surface area contributed by atoms with Gasteiger partial charge in [0.15, 0.2) is 0 Å². The van der Waals surface area contributed by atoms with Gasteiger partial charge in [-0.2, -0.15) is 0 Å². The Hall–Kier alpha value is -1.26. The molecule has 1 aromatic heterocycles. The zero-order valence-corrected chi connectivity index (χ0v) is 10.9. The number of oxazole rings is 1. The molecule has 2 aromatic rings. The number of rotatable bonds is 4. The summed E-state index contributed by atoms with van der Waals surface area (Å²) in [6.07, 6.45) is 1.67. The van der Waals surface area contributed by atoms with Gasteiger partial charge in [0.1, 0.15) is 6.26 Å². The van der Waals surface area contributed by atoms with Gasteiger partial charge in [-0.05, 0) is 30.5 Å². The molecule has 3 nitrogen and oxygen atoms in total. The minimum atomic E-state index is 0.590. The molecule has 0 bridgehead atoms. The maximum absolute atomic E-state index is 5.61. The van der Waals surface area contributed by atoms with Gasteiger partial charge in [0, 0.05) is 12.3 Å². The highest BCUT2D eigenvalue weighted by Gasteiger charge is 2.04. The van der Waals surface area contributed by atoms with E-state index < -0.39 is 0 Å². The lowest BCUT2D eigenvalue weighted by Crippen LogP contribution is -1.97. The molecule has 0 amide bonds. The quantitative estimate of drug-likeness (QED) is 0.845. The van der Waals surface area contributed by atoms with Gasteiger partial charge in [0.2, 0.25) is 0 Å². The Bertz CT molecular complexity index is 508. The molecule has 0 aliphatic heterocycles. The maximum Gasteiger partial charge on any atom is 0.256 e. The lowest BCUT2D eigenvalue weighted by Gasteiger charge is -2.06. The number of hydrogen-bond donors (Lipinski definition) is 1. The molecule has 0 saturated carbocycles. The third kappa shape index (κ3) is 3.11. The van der Waals surface area contributed by atoms with Gasteiger partial charge in [-0.25, -0.2) is 4.98 Å². The average molecular weight is 248 g/mol. The summed E-state index contributed by atoms with van der Waals surface area (Å²) in [7, 11) is 0. The van der Waals surface area contributed by atoms with Crippen LogP contribution in [0, 0.1) is 13.8 Å². The van der Waals surface area contributed by atoms with Crippen molar-refractivity contribution < 1.29 is 4.42 Å². The van der Waals surface area contributed by atoms with Crippen LogP contribution in [-0.4, -0.2) is 4.98 Å². The monoisotopic (exact) mass is 248 g/mol. The highest BCUT2D eigenvalue weighted by molar-refractivity contribution is 7.98. The topological polar surface area (TPSA) is 52.0 Å². The number of benzene rings is 1. The Morgan fingerprint density at radius 1 is 1.35 bits per heavy atom. The first-order chi connectivity index (χ1) is 8.19. The molecule has 17 heavy (non-hydrogen) atoms. The van der Waals surface area contributed by atoms with E-state index in [-0.39, 0.29) is 0 Å². The molecule has 1 aromatic carbocycles. The summed E-state index contributed by atoms with van der Waals surface area (Å²) in [5.41, 5.74) is 10.3. The molecule has 0 spiro atoms. The molecule has 0 radical (unpaired) electrons. The third-order valence-electron chi connectivity index (χ3n) is 2.59. The van der Waals surface area contributed by atoms with Crippen molar-refractivity contribution >= 4 is 11.8 Å². The maximum atomic E-state index is 5.61. The highest BCUT2D eigenvalue weighted by atomic mass is 32.2. The highest BCUT2D eigenvalue weighted by Crippen LogP contribution is 2.24. The fourth-order valence-electron chi connectivity index (χ4n) is 1.59. The Labute approximate surface area is 105 Å². The summed E-state index contributed by atoms with van der Waals surface area (Å²) in [5, 5.41) is 0.727. The van der Waals surface area contributed by atoms with Crippen LogP contribution >= 0.6 is 11.8 Å². The summed E-state index contributed by atoms with van der Waals surface area (Å²) in [4.78, 5) is 4.27. The van der Waals surface area contributed by atoms with E-state index in [1.165, 1.54) is 16.7 Å². The van der Waals surface area contributed by atoms with Crippen molar-refractivity contribution in [3.63, 3.8) is 0 Å². The van der Waals surface area contributed by atoms with Crippen LogP contribution in [0.3, 0.4) is 0 Å². The summed E-state index contributed by atoms with van der Waals surface area (Å²) >= 11 is 1.61. The van der Waals surface area contributed by atoms with Gasteiger partial charge in [-0.1, -0.05) is 30.0 Å². The molecular formula is C13H16N2OS. The second kappa shape index (κ2) is 5.38. The lowest BCUT2D eigenvalue weighted by molar-refractivity contribution is 0.454. The average Bonchev–Trinajstić information content (AvgIpc) is 2.73. The molecule has 0 atom stereocenters. The van der Waals surface area contributed by atoms with Crippen LogP contribution in [0.2, 0.25) is 0 Å². The Morgan fingerprint density at radius 3 is 2.76 bits per heavy atom.